The minimum absolute atomic E-state index is 0.0693. The van der Waals surface area contributed by atoms with Gasteiger partial charge < -0.3 is 9.84 Å². The van der Waals surface area contributed by atoms with Crippen molar-refractivity contribution in [1.29, 1.82) is 0 Å². The molecule has 7 heteroatoms. The molecule has 2 aliphatic rings. The Hall–Kier alpha value is -1.44. The molecule has 3 rings (SSSR count). The second kappa shape index (κ2) is 3.52. The summed E-state index contributed by atoms with van der Waals surface area (Å²) in [6.07, 6.45) is 0.717. The first-order valence-corrected chi connectivity index (χ1v) is 5.43. The van der Waals surface area contributed by atoms with Crippen LogP contribution in [0.3, 0.4) is 0 Å². The van der Waals surface area contributed by atoms with E-state index >= 15 is 0 Å². The number of morpholine rings is 1. The van der Waals surface area contributed by atoms with E-state index in [1.807, 2.05) is 11.9 Å². The van der Waals surface area contributed by atoms with Crippen molar-refractivity contribution in [2.45, 2.75) is 24.4 Å². The third-order valence-electron chi connectivity index (χ3n) is 3.49. The fraction of sp³-hybridized carbons (Fsp3) is 0.600. The van der Waals surface area contributed by atoms with Gasteiger partial charge in [-0.05, 0) is 7.05 Å². The normalized spacial score (nSPS) is 39.1. The van der Waals surface area contributed by atoms with E-state index < -0.39 is 17.5 Å². The van der Waals surface area contributed by atoms with E-state index in [9.17, 15) is 9.59 Å². The molecule has 0 amide bonds. The highest BCUT2D eigenvalue weighted by Gasteiger charge is 2.61. The first kappa shape index (κ1) is 10.7. The quantitative estimate of drug-likeness (QED) is 0.589. The molecule has 2 N–H and O–H groups in total. The number of hydrogen-bond donors (Lipinski definition) is 2. The Morgan fingerprint density at radius 3 is 2.82 bits per heavy atom. The summed E-state index contributed by atoms with van der Waals surface area (Å²) in [6.45, 7) is -0.0693. The first-order valence-electron chi connectivity index (χ1n) is 5.43. The minimum atomic E-state index is -0.486. The molecule has 7 nitrogen and oxygen atoms in total. The predicted molar refractivity (Wildman–Crippen MR) is 57.7 cm³/mol. The Bertz CT molecular complexity index is 551. The van der Waals surface area contributed by atoms with Gasteiger partial charge in [-0.1, -0.05) is 0 Å². The number of H-pyrrole nitrogens is 1. The number of aromatic amines is 1. The van der Waals surface area contributed by atoms with Gasteiger partial charge in [-0.2, -0.15) is 0 Å². The van der Waals surface area contributed by atoms with E-state index in [0.717, 1.165) is 0 Å². The SMILES string of the molecule is CN1C2C1[C@@H](CO)O[C@H]2n1ccc(=O)[nH]c1=O. The average Bonchev–Trinajstić information content (AvgIpc) is 2.79. The van der Waals surface area contributed by atoms with Crippen LogP contribution in [0.4, 0.5) is 0 Å². The summed E-state index contributed by atoms with van der Waals surface area (Å²) < 4.78 is 6.96. The highest BCUT2D eigenvalue weighted by molar-refractivity contribution is 5.12. The van der Waals surface area contributed by atoms with Crippen LogP contribution in [0.25, 0.3) is 0 Å². The Morgan fingerprint density at radius 1 is 1.47 bits per heavy atom. The van der Waals surface area contributed by atoms with Gasteiger partial charge in [0, 0.05) is 12.3 Å². The number of nitrogens with zero attached hydrogens (tertiary/aromatic N) is 2. The fourth-order valence-electron chi connectivity index (χ4n) is 2.59. The van der Waals surface area contributed by atoms with Gasteiger partial charge in [-0.15, -0.1) is 0 Å². The number of rotatable bonds is 2. The molecular weight excluding hydrogens is 226 g/mol. The molecule has 3 unspecified atom stereocenters. The molecule has 92 valence electrons. The molecule has 0 aliphatic carbocycles. The predicted octanol–water partition coefficient (Wildman–Crippen LogP) is -1.89. The Balaban J connectivity index is 1.96. The summed E-state index contributed by atoms with van der Waals surface area (Å²) >= 11 is 0. The van der Waals surface area contributed by atoms with E-state index in [1.165, 1.54) is 16.8 Å². The van der Waals surface area contributed by atoms with Gasteiger partial charge in [0.25, 0.3) is 5.56 Å². The largest absolute Gasteiger partial charge is 0.394 e. The zero-order valence-electron chi connectivity index (χ0n) is 9.24. The van der Waals surface area contributed by atoms with Crippen molar-refractivity contribution in [2.24, 2.45) is 0 Å². The van der Waals surface area contributed by atoms with Crippen LogP contribution in [0, 0.1) is 0 Å². The van der Waals surface area contributed by atoms with Crippen LogP contribution < -0.4 is 11.2 Å². The van der Waals surface area contributed by atoms with Crippen LogP contribution in [0.5, 0.6) is 0 Å². The third-order valence-corrected chi connectivity index (χ3v) is 3.49. The average molecular weight is 239 g/mol. The van der Waals surface area contributed by atoms with Crippen molar-refractivity contribution >= 4 is 0 Å². The molecule has 17 heavy (non-hydrogen) atoms. The smallest absolute Gasteiger partial charge is 0.330 e. The highest BCUT2D eigenvalue weighted by atomic mass is 16.5. The van der Waals surface area contributed by atoms with E-state index in [2.05, 4.69) is 4.98 Å². The zero-order chi connectivity index (χ0) is 12.2. The fourth-order valence-corrected chi connectivity index (χ4v) is 2.59. The summed E-state index contributed by atoms with van der Waals surface area (Å²) in [5, 5.41) is 9.16. The molecule has 0 bridgehead atoms. The number of likely N-dealkylation sites (N-methyl/N-ethyl adjacent to an activating group) is 1. The molecule has 2 fully saturated rings. The number of aliphatic hydroxyl groups is 1. The topological polar surface area (TPSA) is 87.3 Å². The summed E-state index contributed by atoms with van der Waals surface area (Å²) in [5.74, 6) is 0. The molecule has 0 spiro atoms. The molecule has 0 radical (unpaired) electrons. The van der Waals surface area contributed by atoms with Crippen molar-refractivity contribution in [3.8, 4) is 0 Å². The van der Waals surface area contributed by atoms with Crippen molar-refractivity contribution < 1.29 is 9.84 Å². The van der Waals surface area contributed by atoms with Crippen LogP contribution in [0.2, 0.25) is 0 Å². The number of ether oxygens (including phenoxy) is 1. The second-order valence-electron chi connectivity index (χ2n) is 4.41. The van der Waals surface area contributed by atoms with E-state index in [1.54, 1.807) is 0 Å². The van der Waals surface area contributed by atoms with Gasteiger partial charge in [0.05, 0.1) is 18.7 Å². The summed E-state index contributed by atoms with van der Waals surface area (Å²) in [6, 6.07) is 1.54. The number of hydrogen-bond acceptors (Lipinski definition) is 5. The van der Waals surface area contributed by atoms with Crippen LogP contribution >= 0.6 is 0 Å². The molecule has 2 saturated heterocycles. The first-order chi connectivity index (χ1) is 8.13. The standard InChI is InChI=1S/C10H13N3O4/c1-12-7-5(4-14)17-9(8(7)12)13-3-2-6(15)11-10(13)16/h2-3,5,7-9,14H,4H2,1H3,(H,11,15,16)/t5-,7?,8?,9-,12?/m1/s1. The minimum Gasteiger partial charge on any atom is -0.394 e. The van der Waals surface area contributed by atoms with Gasteiger partial charge in [-0.25, -0.2) is 4.79 Å². The van der Waals surface area contributed by atoms with Crippen molar-refractivity contribution in [1.82, 2.24) is 14.5 Å². The molecule has 5 atom stereocenters. The van der Waals surface area contributed by atoms with Crippen molar-refractivity contribution in [3.63, 3.8) is 0 Å². The maximum absolute atomic E-state index is 11.6. The lowest BCUT2D eigenvalue weighted by Crippen LogP contribution is -2.35. The summed E-state index contributed by atoms with van der Waals surface area (Å²) in [4.78, 5) is 26.9. The molecular formula is C10H13N3O4. The molecule has 1 aromatic rings. The molecule has 2 aliphatic heterocycles. The Morgan fingerprint density at radius 2 is 2.24 bits per heavy atom. The Labute approximate surface area is 96.2 Å². The number of aromatic nitrogens is 2. The van der Waals surface area contributed by atoms with Gasteiger partial charge in [0.15, 0.2) is 6.23 Å². The monoisotopic (exact) mass is 239 g/mol. The number of fused-ring (bicyclic) bond motifs is 1. The van der Waals surface area contributed by atoms with Crippen molar-refractivity contribution in [2.75, 3.05) is 13.7 Å². The Kier molecular flexibility index (Phi) is 2.22. The summed E-state index contributed by atoms with van der Waals surface area (Å²) in [5.41, 5.74) is -0.913. The number of aliphatic hydroxyl groups excluding tert-OH is 1. The third kappa shape index (κ3) is 1.47. The van der Waals surface area contributed by atoms with Crippen LogP contribution in [0.1, 0.15) is 6.23 Å². The molecule has 3 heterocycles. The van der Waals surface area contributed by atoms with Gasteiger partial charge in [0.2, 0.25) is 0 Å². The lowest BCUT2D eigenvalue weighted by molar-refractivity contribution is -0.0612. The maximum Gasteiger partial charge on any atom is 0.330 e. The zero-order valence-corrected chi connectivity index (χ0v) is 9.24. The van der Waals surface area contributed by atoms with Gasteiger partial charge in [-0.3, -0.25) is 19.2 Å². The second-order valence-corrected chi connectivity index (χ2v) is 4.41. The molecule has 0 aromatic carbocycles. The molecule has 1 aromatic heterocycles. The van der Waals surface area contributed by atoms with Gasteiger partial charge in [0.1, 0.15) is 6.10 Å². The van der Waals surface area contributed by atoms with E-state index in [4.69, 9.17) is 9.84 Å². The van der Waals surface area contributed by atoms with E-state index in [0.29, 0.717) is 0 Å². The van der Waals surface area contributed by atoms with E-state index in [-0.39, 0.29) is 24.8 Å². The summed E-state index contributed by atoms with van der Waals surface area (Å²) in [7, 11) is 1.92. The van der Waals surface area contributed by atoms with Crippen LogP contribution in [-0.2, 0) is 4.74 Å². The molecule has 0 saturated carbocycles. The lowest BCUT2D eigenvalue weighted by atomic mass is 10.2. The lowest BCUT2D eigenvalue weighted by Gasteiger charge is -2.20. The van der Waals surface area contributed by atoms with Crippen LogP contribution in [-0.4, -0.2) is 51.4 Å². The maximum atomic E-state index is 11.6. The van der Waals surface area contributed by atoms with Crippen LogP contribution in [0.15, 0.2) is 21.9 Å². The highest BCUT2D eigenvalue weighted by Crippen LogP contribution is 2.45. The number of nitrogens with one attached hydrogen (secondary N) is 1. The van der Waals surface area contributed by atoms with Crippen molar-refractivity contribution in [3.05, 3.63) is 33.1 Å². The van der Waals surface area contributed by atoms with Gasteiger partial charge >= 0.3 is 5.69 Å².